The van der Waals surface area contributed by atoms with Gasteiger partial charge in [-0.05, 0) is 12.1 Å². The first-order valence-corrected chi connectivity index (χ1v) is 26.1. The molecule has 0 aliphatic carbocycles. The summed E-state index contributed by atoms with van der Waals surface area (Å²) in [6, 6.07) is -0.843. The van der Waals surface area contributed by atoms with Crippen LogP contribution in [0.3, 0.4) is 0 Å². The number of rotatable bonds is 40. The summed E-state index contributed by atoms with van der Waals surface area (Å²) >= 11 is 0. The van der Waals surface area contributed by atoms with Crippen molar-refractivity contribution >= 4 is 11.9 Å². The number of ether oxygens (including phenoxy) is 12. The lowest BCUT2D eigenvalue weighted by atomic mass is 9.98. The van der Waals surface area contributed by atoms with Crippen LogP contribution in [-0.4, -0.2) is 257 Å². The second kappa shape index (κ2) is 35.3. The number of nitrogens with two attached hydrogens (primary N) is 1. The second-order valence-electron chi connectivity index (χ2n) is 18.3. The topological polar surface area (TPSA) is 355 Å². The number of aliphatic hydroxyl groups is 4. The molecule has 8 N–H and O–H groups in total. The number of hydrogen-bond acceptors (Lipinski definition) is 27. The molecule has 462 valence electrons. The summed E-state index contributed by atoms with van der Waals surface area (Å²) in [7, 11) is 0. The van der Waals surface area contributed by atoms with Crippen LogP contribution in [0.5, 0.6) is 0 Å². The van der Waals surface area contributed by atoms with Crippen molar-refractivity contribution in [2.45, 2.75) is 93.4 Å². The first kappa shape index (κ1) is 66.1. The second-order valence-corrected chi connectivity index (χ2v) is 18.3. The SMILES string of the molecule is NC(COCc1cn(CCOCCOCCOCCOC[C@H]2OC[C@H](Nc3nccc(C(F)(F)F)n3)[C@@H](O)[C@H]2O)nn1)COCc1cn(CCOCCOCCOCCOC[C@H]2OC[C@H](Nc3nccc(C(F)(F)F)n3)[C@@H](O)[C@H]2O)nn1. The fourth-order valence-electron chi connectivity index (χ4n) is 7.56. The molecule has 35 heteroatoms. The third-order valence-electron chi connectivity index (χ3n) is 11.8. The molecule has 8 atom stereocenters. The van der Waals surface area contributed by atoms with Crippen LogP contribution in [0.4, 0.5) is 38.2 Å². The highest BCUT2D eigenvalue weighted by Crippen LogP contribution is 2.29. The van der Waals surface area contributed by atoms with E-state index in [1.54, 1.807) is 21.8 Å². The van der Waals surface area contributed by atoms with Crippen molar-refractivity contribution < 1.29 is 104 Å². The molecule has 0 bridgehead atoms. The van der Waals surface area contributed by atoms with E-state index in [9.17, 15) is 46.8 Å². The first-order chi connectivity index (χ1) is 39.5. The molecular weight excluding hydrogens is 1120 g/mol. The Balaban J connectivity index is 0.660. The first-order valence-electron chi connectivity index (χ1n) is 26.1. The van der Waals surface area contributed by atoms with E-state index in [-0.39, 0.29) is 91.2 Å². The highest BCUT2D eigenvalue weighted by molar-refractivity contribution is 5.30. The Labute approximate surface area is 466 Å². The smallest absolute Gasteiger partial charge is 0.388 e. The zero-order valence-corrected chi connectivity index (χ0v) is 44.6. The number of halogens is 6. The summed E-state index contributed by atoms with van der Waals surface area (Å²) in [5.74, 6) is -0.715. The number of alkyl halides is 6. The van der Waals surface area contributed by atoms with Gasteiger partial charge in [0.1, 0.15) is 59.4 Å². The largest absolute Gasteiger partial charge is 0.433 e. The van der Waals surface area contributed by atoms with E-state index in [2.05, 4.69) is 51.2 Å². The number of nitrogens with one attached hydrogen (secondary N) is 2. The molecular formula is C47H71F6N13O16. The van der Waals surface area contributed by atoms with Crippen molar-refractivity contribution in [3.05, 3.63) is 59.7 Å². The van der Waals surface area contributed by atoms with Crippen LogP contribution < -0.4 is 16.4 Å². The fourth-order valence-corrected chi connectivity index (χ4v) is 7.56. The Bertz CT molecular complexity index is 2220. The number of nitrogens with zero attached hydrogens (tertiary/aromatic N) is 10. The predicted octanol–water partition coefficient (Wildman–Crippen LogP) is -1.12. The molecule has 2 fully saturated rings. The molecule has 0 saturated carbocycles. The predicted molar refractivity (Wildman–Crippen MR) is 266 cm³/mol. The summed E-state index contributed by atoms with van der Waals surface area (Å²) in [6.07, 6.45) is -11.2. The van der Waals surface area contributed by atoms with Gasteiger partial charge in [0.05, 0.1) is 189 Å². The van der Waals surface area contributed by atoms with E-state index in [4.69, 9.17) is 62.6 Å². The van der Waals surface area contributed by atoms with E-state index >= 15 is 0 Å². The van der Waals surface area contributed by atoms with Crippen molar-refractivity contribution in [2.24, 2.45) is 5.73 Å². The maximum atomic E-state index is 13.0. The summed E-state index contributed by atoms with van der Waals surface area (Å²) in [4.78, 5) is 14.3. The Hall–Kier alpha value is -5.06. The molecule has 0 spiro atoms. The molecule has 6 heterocycles. The maximum Gasteiger partial charge on any atom is 0.433 e. The zero-order valence-electron chi connectivity index (χ0n) is 44.6. The van der Waals surface area contributed by atoms with Gasteiger partial charge in [0.15, 0.2) is 0 Å². The number of hydrogen-bond donors (Lipinski definition) is 7. The van der Waals surface area contributed by atoms with Crippen LogP contribution in [0.2, 0.25) is 0 Å². The lowest BCUT2D eigenvalue weighted by molar-refractivity contribution is -0.161. The molecule has 0 radical (unpaired) electrons. The normalized spacial score (nSPS) is 21.6. The third-order valence-corrected chi connectivity index (χ3v) is 11.8. The number of aliphatic hydroxyl groups excluding tert-OH is 4. The lowest BCUT2D eigenvalue weighted by Crippen LogP contribution is -2.57. The van der Waals surface area contributed by atoms with Crippen LogP contribution in [0, 0.1) is 0 Å². The molecule has 6 rings (SSSR count). The minimum Gasteiger partial charge on any atom is -0.388 e. The van der Waals surface area contributed by atoms with E-state index in [0.717, 1.165) is 24.5 Å². The lowest BCUT2D eigenvalue weighted by Gasteiger charge is -2.37. The molecule has 4 aromatic rings. The van der Waals surface area contributed by atoms with E-state index in [1.807, 2.05) is 0 Å². The summed E-state index contributed by atoms with van der Waals surface area (Å²) in [6.45, 7) is 5.70. The van der Waals surface area contributed by atoms with Gasteiger partial charge in [-0.1, -0.05) is 10.4 Å². The zero-order chi connectivity index (χ0) is 58.6. The number of anilines is 2. The third kappa shape index (κ3) is 23.9. The minimum absolute atomic E-state index is 0.0476. The van der Waals surface area contributed by atoms with Gasteiger partial charge in [-0.15, -0.1) is 10.2 Å². The van der Waals surface area contributed by atoms with Crippen LogP contribution in [0.25, 0.3) is 0 Å². The maximum absolute atomic E-state index is 13.0. The van der Waals surface area contributed by atoms with Gasteiger partial charge in [0.2, 0.25) is 11.9 Å². The molecule has 2 aliphatic rings. The van der Waals surface area contributed by atoms with Crippen molar-refractivity contribution in [1.82, 2.24) is 49.9 Å². The molecule has 29 nitrogen and oxygen atoms in total. The van der Waals surface area contributed by atoms with E-state index in [0.29, 0.717) is 90.5 Å². The molecule has 0 unspecified atom stereocenters. The monoisotopic (exact) mass is 1190 g/mol. The standard InChI is InChI=1S/C47H71F6N13O16/c48-46(49,50)38-1-3-55-44(59-38)57-34-27-81-36(42(69)40(34)67)29-77-19-17-75-15-13-73-11-9-71-7-5-65-21-32(61-63-65)25-79-23-31(54)24-80-26-33-22-66(64-62-33)6-8-72-10-12-74-14-16-76-18-20-78-30-37-43(70)41(68)35(28-82-37)58-45-56-4-2-39(60-45)47(51,52)53/h1-4,21-22,31,34-37,40-43,67-70H,5-20,23-30,54H2,(H,55,57,59)(H,56,58,60)/t34-,35-,36+,37+,40+,41+,42-,43-/m0/s1. The molecule has 82 heavy (non-hydrogen) atoms. The van der Waals surface area contributed by atoms with Gasteiger partial charge in [-0.2, -0.15) is 26.3 Å². The van der Waals surface area contributed by atoms with Crippen molar-refractivity contribution in [3.8, 4) is 0 Å². The average Bonchev–Trinajstić information content (AvgIpc) is 4.15. The Morgan fingerprint density at radius 1 is 0.524 bits per heavy atom. The van der Waals surface area contributed by atoms with Crippen molar-refractivity contribution in [1.29, 1.82) is 0 Å². The Kier molecular flexibility index (Phi) is 28.4. The Morgan fingerprint density at radius 3 is 1.24 bits per heavy atom. The van der Waals surface area contributed by atoms with Gasteiger partial charge in [-0.25, -0.2) is 29.3 Å². The highest BCUT2D eigenvalue weighted by Gasteiger charge is 2.41. The average molecular weight is 1190 g/mol. The molecule has 0 amide bonds. The molecule has 0 aromatic carbocycles. The summed E-state index contributed by atoms with van der Waals surface area (Å²) < 4.78 is 148. The van der Waals surface area contributed by atoms with Gasteiger partial charge < -0.3 is 93.6 Å². The van der Waals surface area contributed by atoms with Crippen LogP contribution in [0.15, 0.2) is 36.9 Å². The molecule has 4 aromatic heterocycles. The van der Waals surface area contributed by atoms with Crippen molar-refractivity contribution in [3.63, 3.8) is 0 Å². The molecule has 2 saturated heterocycles. The van der Waals surface area contributed by atoms with Gasteiger partial charge in [0, 0.05) is 12.4 Å². The Morgan fingerprint density at radius 2 is 0.878 bits per heavy atom. The van der Waals surface area contributed by atoms with E-state index in [1.165, 1.54) is 0 Å². The van der Waals surface area contributed by atoms with Crippen molar-refractivity contribution in [2.75, 3.05) is 143 Å². The van der Waals surface area contributed by atoms with Gasteiger partial charge >= 0.3 is 12.4 Å². The summed E-state index contributed by atoms with van der Waals surface area (Å²) in [5, 5.41) is 63.4. The van der Waals surface area contributed by atoms with Gasteiger partial charge in [-0.3, -0.25) is 0 Å². The van der Waals surface area contributed by atoms with Crippen LogP contribution in [0.1, 0.15) is 22.8 Å². The summed E-state index contributed by atoms with van der Waals surface area (Å²) in [5.41, 5.74) is 5.11. The van der Waals surface area contributed by atoms with E-state index < -0.39 is 78.5 Å². The minimum atomic E-state index is -4.66. The van der Waals surface area contributed by atoms with Crippen LogP contribution >= 0.6 is 0 Å². The quantitative estimate of drug-likeness (QED) is 0.0205. The van der Waals surface area contributed by atoms with Gasteiger partial charge in [0.25, 0.3) is 0 Å². The highest BCUT2D eigenvalue weighted by atomic mass is 19.4. The number of aromatic nitrogens is 10. The fraction of sp³-hybridized carbons (Fsp3) is 0.745. The molecule has 2 aliphatic heterocycles. The van der Waals surface area contributed by atoms with Crippen LogP contribution in [-0.2, 0) is 95.5 Å².